The maximum absolute atomic E-state index is 4.30. The minimum absolute atomic E-state index is 0. The van der Waals surface area contributed by atoms with Crippen LogP contribution in [0.4, 0.5) is 0 Å². The molecule has 1 aromatic heterocycles. The largest absolute Gasteiger partial charge is 0.354 e. The van der Waals surface area contributed by atoms with Crippen LogP contribution in [0.5, 0.6) is 0 Å². The number of likely N-dealkylation sites (N-methyl/N-ethyl adjacent to an activating group) is 1. The van der Waals surface area contributed by atoms with Crippen LogP contribution in [-0.2, 0) is 13.6 Å². The van der Waals surface area contributed by atoms with Crippen LogP contribution >= 0.6 is 24.0 Å². The lowest BCUT2D eigenvalue weighted by Crippen LogP contribution is -2.41. The average Bonchev–Trinajstić information content (AvgIpc) is 2.97. The summed E-state index contributed by atoms with van der Waals surface area (Å²) >= 11 is 0. The van der Waals surface area contributed by atoms with E-state index in [-0.39, 0.29) is 30.0 Å². The molecule has 0 bridgehead atoms. The van der Waals surface area contributed by atoms with Gasteiger partial charge in [0.25, 0.3) is 0 Å². The van der Waals surface area contributed by atoms with Gasteiger partial charge >= 0.3 is 0 Å². The number of nitrogens with zero attached hydrogens (tertiary/aromatic N) is 4. The van der Waals surface area contributed by atoms with Crippen LogP contribution in [0.15, 0.2) is 41.5 Å². The van der Waals surface area contributed by atoms with E-state index in [9.17, 15) is 0 Å². The molecule has 6 nitrogen and oxygen atoms in total. The maximum Gasteiger partial charge on any atom is 0.191 e. The summed E-state index contributed by atoms with van der Waals surface area (Å²) in [6.07, 6.45) is 1.80. The molecule has 0 aliphatic heterocycles. The van der Waals surface area contributed by atoms with E-state index in [2.05, 4.69) is 70.9 Å². The Morgan fingerprint density at radius 1 is 1.20 bits per heavy atom. The van der Waals surface area contributed by atoms with E-state index in [4.69, 9.17) is 0 Å². The number of hydrogen-bond acceptors (Lipinski definition) is 3. The Balaban J connectivity index is 0.00000312. The third-order valence-corrected chi connectivity index (χ3v) is 4.13. The van der Waals surface area contributed by atoms with Crippen LogP contribution in [0.2, 0.25) is 0 Å². The minimum Gasteiger partial charge on any atom is -0.354 e. The van der Waals surface area contributed by atoms with Crippen LogP contribution in [0, 0.1) is 6.92 Å². The predicted molar refractivity (Wildman–Crippen MR) is 114 cm³/mol. The fourth-order valence-corrected chi connectivity index (χ4v) is 2.55. The highest BCUT2D eigenvalue weighted by Crippen LogP contribution is 2.17. The summed E-state index contributed by atoms with van der Waals surface area (Å²) in [5, 5.41) is 10.9. The quantitative estimate of drug-likeness (QED) is 0.398. The van der Waals surface area contributed by atoms with Crippen molar-refractivity contribution >= 4 is 29.9 Å². The highest BCUT2D eigenvalue weighted by atomic mass is 127. The zero-order chi connectivity index (χ0) is 17.5. The number of guanidine groups is 1. The Hall–Kier alpha value is -1.61. The summed E-state index contributed by atoms with van der Waals surface area (Å²) in [7, 11) is 7.91. The van der Waals surface area contributed by atoms with E-state index in [1.807, 2.05) is 17.8 Å². The van der Waals surface area contributed by atoms with Gasteiger partial charge in [0.15, 0.2) is 5.96 Å². The molecule has 2 rings (SSSR count). The van der Waals surface area contributed by atoms with E-state index in [0.717, 1.165) is 18.2 Å². The Labute approximate surface area is 167 Å². The second kappa shape index (κ2) is 10.4. The molecule has 0 amide bonds. The van der Waals surface area contributed by atoms with Crippen molar-refractivity contribution in [3.05, 3.63) is 53.3 Å². The molecule has 1 heterocycles. The van der Waals surface area contributed by atoms with E-state index in [0.29, 0.717) is 6.54 Å². The molecule has 7 heteroatoms. The molecule has 0 saturated heterocycles. The van der Waals surface area contributed by atoms with Crippen molar-refractivity contribution in [2.75, 3.05) is 27.7 Å². The van der Waals surface area contributed by atoms with Crippen LogP contribution < -0.4 is 10.6 Å². The van der Waals surface area contributed by atoms with E-state index < -0.39 is 0 Å². The average molecular weight is 456 g/mol. The predicted octanol–water partition coefficient (Wildman–Crippen LogP) is 2.31. The zero-order valence-electron chi connectivity index (χ0n) is 15.7. The molecule has 0 spiro atoms. The molecule has 0 aliphatic rings. The first-order valence-electron chi connectivity index (χ1n) is 8.15. The van der Waals surface area contributed by atoms with Crippen LogP contribution in [0.3, 0.4) is 0 Å². The first-order valence-corrected chi connectivity index (χ1v) is 8.15. The number of aryl methyl sites for hydroxylation is 2. The van der Waals surface area contributed by atoms with Crippen molar-refractivity contribution in [1.29, 1.82) is 0 Å². The maximum atomic E-state index is 4.30. The Bertz CT molecular complexity index is 662. The number of aliphatic imine (C=N–C) groups is 1. The molecular formula is C18H29IN6. The van der Waals surface area contributed by atoms with Crippen LogP contribution in [0.25, 0.3) is 0 Å². The fourth-order valence-electron chi connectivity index (χ4n) is 2.55. The van der Waals surface area contributed by atoms with Gasteiger partial charge in [-0.1, -0.05) is 29.8 Å². The zero-order valence-corrected chi connectivity index (χ0v) is 18.0. The third kappa shape index (κ3) is 6.32. The molecule has 0 radical (unpaired) electrons. The van der Waals surface area contributed by atoms with Crippen molar-refractivity contribution in [1.82, 2.24) is 25.3 Å². The van der Waals surface area contributed by atoms with Gasteiger partial charge in [-0.3, -0.25) is 9.67 Å². The Kier molecular flexibility index (Phi) is 8.91. The van der Waals surface area contributed by atoms with Gasteiger partial charge in [0, 0.05) is 26.8 Å². The second-order valence-corrected chi connectivity index (χ2v) is 6.14. The van der Waals surface area contributed by atoms with Gasteiger partial charge < -0.3 is 15.5 Å². The summed E-state index contributed by atoms with van der Waals surface area (Å²) < 4.78 is 1.86. The molecule has 1 aromatic carbocycles. The summed E-state index contributed by atoms with van der Waals surface area (Å²) in [4.78, 5) is 6.52. The third-order valence-electron chi connectivity index (χ3n) is 4.13. The molecule has 138 valence electrons. The van der Waals surface area contributed by atoms with Gasteiger partial charge in [-0.25, -0.2) is 0 Å². The molecule has 1 atom stereocenters. The number of rotatable bonds is 6. The lowest BCUT2D eigenvalue weighted by Gasteiger charge is -2.26. The van der Waals surface area contributed by atoms with Crippen molar-refractivity contribution in [3.63, 3.8) is 0 Å². The normalized spacial score (nSPS) is 12.6. The van der Waals surface area contributed by atoms with Gasteiger partial charge in [0.2, 0.25) is 0 Å². The standard InChI is InChI=1S/C18H28N6.HI/c1-14-6-8-15(9-7-14)17(23(3)4)13-21-18(19-2)20-12-16-10-11-22-24(16)5;/h6-11,17H,12-13H2,1-5H3,(H2,19,20,21);1H. The van der Waals surface area contributed by atoms with Gasteiger partial charge in [0.1, 0.15) is 0 Å². The van der Waals surface area contributed by atoms with Crippen molar-refractivity contribution in [2.24, 2.45) is 12.0 Å². The Morgan fingerprint density at radius 2 is 1.88 bits per heavy atom. The summed E-state index contributed by atoms with van der Waals surface area (Å²) in [6, 6.07) is 11.0. The van der Waals surface area contributed by atoms with Gasteiger partial charge in [-0.05, 0) is 32.6 Å². The first-order chi connectivity index (χ1) is 11.5. The van der Waals surface area contributed by atoms with Crippen molar-refractivity contribution in [2.45, 2.75) is 19.5 Å². The van der Waals surface area contributed by atoms with Crippen LogP contribution in [-0.4, -0.2) is 48.3 Å². The molecule has 2 aromatic rings. The van der Waals surface area contributed by atoms with Gasteiger partial charge in [0.05, 0.1) is 18.3 Å². The number of benzene rings is 1. The molecular weight excluding hydrogens is 427 g/mol. The fraction of sp³-hybridized carbons (Fsp3) is 0.444. The number of aromatic nitrogens is 2. The van der Waals surface area contributed by atoms with Crippen LogP contribution in [0.1, 0.15) is 22.9 Å². The molecule has 0 aliphatic carbocycles. The highest BCUT2D eigenvalue weighted by Gasteiger charge is 2.14. The highest BCUT2D eigenvalue weighted by molar-refractivity contribution is 14.0. The monoisotopic (exact) mass is 456 g/mol. The lowest BCUT2D eigenvalue weighted by molar-refractivity contribution is 0.298. The topological polar surface area (TPSA) is 57.5 Å². The SMILES string of the molecule is CN=C(NCc1ccnn1C)NCC(c1ccc(C)cc1)N(C)C.I. The van der Waals surface area contributed by atoms with Crippen molar-refractivity contribution in [3.8, 4) is 0 Å². The Morgan fingerprint density at radius 3 is 2.40 bits per heavy atom. The molecule has 1 unspecified atom stereocenters. The second-order valence-electron chi connectivity index (χ2n) is 6.14. The smallest absolute Gasteiger partial charge is 0.191 e. The molecule has 2 N–H and O–H groups in total. The van der Waals surface area contributed by atoms with E-state index in [1.54, 1.807) is 13.2 Å². The van der Waals surface area contributed by atoms with E-state index >= 15 is 0 Å². The summed E-state index contributed by atoms with van der Waals surface area (Å²) in [5.41, 5.74) is 3.68. The minimum atomic E-state index is 0. The molecule has 25 heavy (non-hydrogen) atoms. The van der Waals surface area contributed by atoms with E-state index in [1.165, 1.54) is 11.1 Å². The molecule has 0 saturated carbocycles. The first kappa shape index (κ1) is 21.4. The van der Waals surface area contributed by atoms with Crippen molar-refractivity contribution < 1.29 is 0 Å². The number of hydrogen-bond donors (Lipinski definition) is 2. The van der Waals surface area contributed by atoms with Gasteiger partial charge in [-0.15, -0.1) is 24.0 Å². The lowest BCUT2D eigenvalue weighted by atomic mass is 10.0. The summed E-state index contributed by atoms with van der Waals surface area (Å²) in [5.74, 6) is 0.787. The number of nitrogens with one attached hydrogen (secondary N) is 2. The summed E-state index contributed by atoms with van der Waals surface area (Å²) in [6.45, 7) is 3.57. The number of halogens is 1. The molecule has 0 fully saturated rings. The van der Waals surface area contributed by atoms with Gasteiger partial charge in [-0.2, -0.15) is 5.10 Å².